The molecule has 18 heavy (non-hydrogen) atoms. The van der Waals surface area contributed by atoms with Crippen LogP contribution >= 0.6 is 11.6 Å². The van der Waals surface area contributed by atoms with Gasteiger partial charge in [-0.3, -0.25) is 4.98 Å². The summed E-state index contributed by atoms with van der Waals surface area (Å²) >= 11 is 6.01. The number of hydrogen-bond acceptors (Lipinski definition) is 3. The number of nitrogen functional groups attached to an aromatic ring is 1. The molecule has 0 aliphatic carbocycles. The monoisotopic (exact) mass is 261 g/mol. The summed E-state index contributed by atoms with van der Waals surface area (Å²) in [4.78, 5) is 6.23. The van der Waals surface area contributed by atoms with Crippen LogP contribution < -0.4 is 10.6 Å². The van der Waals surface area contributed by atoms with Gasteiger partial charge in [-0.2, -0.15) is 0 Å². The zero-order valence-electron chi connectivity index (χ0n) is 10.5. The van der Waals surface area contributed by atoms with Gasteiger partial charge in [0.05, 0.1) is 23.6 Å². The Bertz CT molecular complexity index is 493. The van der Waals surface area contributed by atoms with Gasteiger partial charge in [0.25, 0.3) is 0 Å². The molecule has 1 heterocycles. The SMILES string of the molecule is CC(c1cccc(Cl)c1)N(C)c1cncc(N)c1. The standard InChI is InChI=1S/C14H16ClN3/c1-10(11-4-3-5-12(15)6-11)18(2)14-7-13(16)8-17-9-14/h3-10H,16H2,1-2H3. The van der Waals surface area contributed by atoms with Crippen molar-refractivity contribution in [2.24, 2.45) is 0 Å². The van der Waals surface area contributed by atoms with Crippen LogP contribution in [0.5, 0.6) is 0 Å². The van der Waals surface area contributed by atoms with Crippen LogP contribution in [0, 0.1) is 0 Å². The topological polar surface area (TPSA) is 42.2 Å². The molecule has 0 radical (unpaired) electrons. The third-order valence-electron chi connectivity index (χ3n) is 3.06. The fraction of sp³-hybridized carbons (Fsp3) is 0.214. The molecule has 1 aromatic carbocycles. The molecule has 0 aliphatic rings. The van der Waals surface area contributed by atoms with Crippen LogP contribution in [0.15, 0.2) is 42.7 Å². The lowest BCUT2D eigenvalue weighted by Gasteiger charge is -2.27. The molecule has 0 aliphatic heterocycles. The van der Waals surface area contributed by atoms with Crippen molar-refractivity contribution in [1.29, 1.82) is 0 Å². The van der Waals surface area contributed by atoms with E-state index >= 15 is 0 Å². The van der Waals surface area contributed by atoms with Crippen LogP contribution in [0.4, 0.5) is 11.4 Å². The third kappa shape index (κ3) is 2.74. The second-order valence-electron chi connectivity index (χ2n) is 4.32. The average molecular weight is 262 g/mol. The highest BCUT2D eigenvalue weighted by molar-refractivity contribution is 6.30. The Morgan fingerprint density at radius 2 is 2.06 bits per heavy atom. The van der Waals surface area contributed by atoms with Crippen molar-refractivity contribution in [1.82, 2.24) is 4.98 Å². The van der Waals surface area contributed by atoms with Gasteiger partial charge < -0.3 is 10.6 Å². The maximum absolute atomic E-state index is 6.01. The molecule has 0 saturated carbocycles. The molecule has 94 valence electrons. The van der Waals surface area contributed by atoms with E-state index in [-0.39, 0.29) is 6.04 Å². The van der Waals surface area contributed by atoms with Crippen molar-refractivity contribution in [3.63, 3.8) is 0 Å². The lowest BCUT2D eigenvalue weighted by atomic mass is 10.1. The fourth-order valence-corrected chi connectivity index (χ4v) is 2.05. The van der Waals surface area contributed by atoms with Gasteiger partial charge in [-0.05, 0) is 30.7 Å². The molecule has 1 aromatic heterocycles. The van der Waals surface area contributed by atoms with E-state index in [9.17, 15) is 0 Å². The first kappa shape index (κ1) is 12.7. The first-order valence-corrected chi connectivity index (χ1v) is 6.14. The minimum absolute atomic E-state index is 0.201. The smallest absolute Gasteiger partial charge is 0.0575 e. The number of anilines is 2. The van der Waals surface area contributed by atoms with Gasteiger partial charge >= 0.3 is 0 Å². The Morgan fingerprint density at radius 3 is 2.72 bits per heavy atom. The summed E-state index contributed by atoms with van der Waals surface area (Å²) in [5, 5.41) is 0.749. The maximum atomic E-state index is 6.01. The number of rotatable bonds is 3. The molecule has 2 N–H and O–H groups in total. The Hall–Kier alpha value is -1.74. The van der Waals surface area contributed by atoms with Crippen molar-refractivity contribution in [2.45, 2.75) is 13.0 Å². The van der Waals surface area contributed by atoms with Crippen LogP contribution in [0.25, 0.3) is 0 Å². The second kappa shape index (κ2) is 5.27. The molecule has 2 aromatic rings. The molecule has 2 rings (SSSR count). The predicted octanol–water partition coefficient (Wildman–Crippen LogP) is 3.51. The van der Waals surface area contributed by atoms with Crippen molar-refractivity contribution in [3.8, 4) is 0 Å². The fourth-order valence-electron chi connectivity index (χ4n) is 1.85. The molecule has 0 bridgehead atoms. The zero-order chi connectivity index (χ0) is 13.1. The van der Waals surface area contributed by atoms with Crippen molar-refractivity contribution >= 4 is 23.0 Å². The number of pyridine rings is 1. The van der Waals surface area contributed by atoms with E-state index < -0.39 is 0 Å². The van der Waals surface area contributed by atoms with Crippen molar-refractivity contribution in [3.05, 3.63) is 53.3 Å². The van der Waals surface area contributed by atoms with Gasteiger partial charge in [-0.1, -0.05) is 23.7 Å². The second-order valence-corrected chi connectivity index (χ2v) is 4.75. The minimum atomic E-state index is 0.201. The summed E-state index contributed by atoms with van der Waals surface area (Å²) in [6.45, 7) is 2.12. The minimum Gasteiger partial charge on any atom is -0.397 e. The van der Waals surface area contributed by atoms with E-state index in [0.29, 0.717) is 5.69 Å². The largest absolute Gasteiger partial charge is 0.397 e. The number of aromatic nitrogens is 1. The van der Waals surface area contributed by atoms with Gasteiger partial charge in [0.15, 0.2) is 0 Å². The van der Waals surface area contributed by atoms with E-state index in [2.05, 4.69) is 22.9 Å². The van der Waals surface area contributed by atoms with Crippen LogP contribution in [0.2, 0.25) is 5.02 Å². The molecule has 0 amide bonds. The molecular formula is C14H16ClN3. The molecule has 0 saturated heterocycles. The quantitative estimate of drug-likeness (QED) is 0.919. The molecular weight excluding hydrogens is 246 g/mol. The van der Waals surface area contributed by atoms with E-state index in [1.54, 1.807) is 12.4 Å². The summed E-state index contributed by atoms with van der Waals surface area (Å²) in [5.41, 5.74) is 8.56. The average Bonchev–Trinajstić information content (AvgIpc) is 2.37. The molecule has 0 fully saturated rings. The summed E-state index contributed by atoms with van der Waals surface area (Å²) in [6, 6.07) is 9.98. The van der Waals surface area contributed by atoms with Crippen molar-refractivity contribution < 1.29 is 0 Å². The van der Waals surface area contributed by atoms with E-state index in [4.69, 9.17) is 17.3 Å². The number of hydrogen-bond donors (Lipinski definition) is 1. The van der Waals surface area contributed by atoms with Crippen LogP contribution in [0.3, 0.4) is 0 Å². The van der Waals surface area contributed by atoms with Crippen molar-refractivity contribution in [2.75, 3.05) is 17.7 Å². The van der Waals surface area contributed by atoms with E-state index in [1.165, 1.54) is 0 Å². The Kier molecular flexibility index (Phi) is 3.72. The number of nitrogens with zero attached hydrogens (tertiary/aromatic N) is 2. The Labute approximate surface area is 112 Å². The van der Waals surface area contributed by atoms with Crippen LogP contribution in [0.1, 0.15) is 18.5 Å². The van der Waals surface area contributed by atoms with E-state index in [0.717, 1.165) is 16.3 Å². The van der Waals surface area contributed by atoms with Gasteiger partial charge in [0, 0.05) is 18.3 Å². The van der Waals surface area contributed by atoms with Gasteiger partial charge in [0.1, 0.15) is 0 Å². The summed E-state index contributed by atoms with van der Waals surface area (Å²) in [6.07, 6.45) is 3.44. The van der Waals surface area contributed by atoms with Crippen LogP contribution in [-0.2, 0) is 0 Å². The first-order valence-electron chi connectivity index (χ1n) is 5.77. The number of nitrogens with two attached hydrogens (primary N) is 1. The summed E-state index contributed by atoms with van der Waals surface area (Å²) in [5.74, 6) is 0. The van der Waals surface area contributed by atoms with E-state index in [1.807, 2.05) is 31.3 Å². The summed E-state index contributed by atoms with van der Waals surface area (Å²) < 4.78 is 0. The van der Waals surface area contributed by atoms with Crippen LogP contribution in [-0.4, -0.2) is 12.0 Å². The molecule has 4 heteroatoms. The number of halogens is 1. The Balaban J connectivity index is 2.26. The normalized spacial score (nSPS) is 12.2. The maximum Gasteiger partial charge on any atom is 0.0575 e. The third-order valence-corrected chi connectivity index (χ3v) is 3.30. The zero-order valence-corrected chi connectivity index (χ0v) is 11.2. The highest BCUT2D eigenvalue weighted by atomic mass is 35.5. The first-order chi connectivity index (χ1) is 8.58. The van der Waals surface area contributed by atoms with Gasteiger partial charge in [-0.15, -0.1) is 0 Å². The molecule has 0 spiro atoms. The molecule has 1 atom stereocenters. The summed E-state index contributed by atoms with van der Waals surface area (Å²) in [7, 11) is 2.02. The lowest BCUT2D eigenvalue weighted by molar-refractivity contribution is 0.738. The highest BCUT2D eigenvalue weighted by Crippen LogP contribution is 2.27. The molecule has 1 unspecified atom stereocenters. The van der Waals surface area contributed by atoms with Gasteiger partial charge in [0.2, 0.25) is 0 Å². The lowest BCUT2D eigenvalue weighted by Crippen LogP contribution is -2.21. The highest BCUT2D eigenvalue weighted by Gasteiger charge is 2.13. The van der Waals surface area contributed by atoms with Gasteiger partial charge in [-0.25, -0.2) is 0 Å². The predicted molar refractivity (Wildman–Crippen MR) is 76.9 cm³/mol. The molecule has 3 nitrogen and oxygen atoms in total. The number of benzene rings is 1. The Morgan fingerprint density at radius 1 is 1.28 bits per heavy atom.